The Morgan fingerprint density at radius 1 is 0.810 bits per heavy atom. The number of nitrogens with zero attached hydrogens (tertiary/aromatic N) is 1. The van der Waals surface area contributed by atoms with Crippen LogP contribution in [0.25, 0.3) is 32.4 Å². The van der Waals surface area contributed by atoms with Crippen molar-refractivity contribution < 1.29 is 0 Å². The fourth-order valence-electron chi connectivity index (χ4n) is 4.08. The molecule has 0 saturated carbocycles. The lowest BCUT2D eigenvalue weighted by molar-refractivity contribution is 1.04. The van der Waals surface area contributed by atoms with Gasteiger partial charge in [-0.2, -0.15) is 0 Å². The van der Waals surface area contributed by atoms with Gasteiger partial charge in [0.15, 0.2) is 0 Å². The Morgan fingerprint density at radius 2 is 1.71 bits per heavy atom. The van der Waals surface area contributed by atoms with Crippen LogP contribution >= 0.6 is 0 Å². The number of rotatable bonds is 0. The summed E-state index contributed by atoms with van der Waals surface area (Å²) in [5.41, 5.74) is 4.01. The molecule has 98 valence electrons. The summed E-state index contributed by atoms with van der Waals surface area (Å²) in [4.78, 5) is 4.63. The molecule has 1 fully saturated rings. The number of benzene rings is 3. The van der Waals surface area contributed by atoms with Crippen molar-refractivity contribution in [3.05, 3.63) is 65.9 Å². The number of fused-ring (bicyclic) bond motifs is 5. The van der Waals surface area contributed by atoms with Gasteiger partial charge in [-0.25, -0.2) is 0 Å². The highest BCUT2D eigenvalue weighted by atomic mass is 15.2. The number of aromatic nitrogens is 1. The summed E-state index contributed by atoms with van der Waals surface area (Å²) < 4.78 is 0. The van der Waals surface area contributed by atoms with E-state index >= 15 is 0 Å². The SMILES string of the molecule is c1cnc2c(c1)cc1c3c2ccc2cccc(c23)C2NC12. The third-order valence-corrected chi connectivity index (χ3v) is 5.02. The van der Waals surface area contributed by atoms with E-state index in [1.165, 1.54) is 38.1 Å². The van der Waals surface area contributed by atoms with E-state index in [-0.39, 0.29) is 0 Å². The van der Waals surface area contributed by atoms with Gasteiger partial charge in [0, 0.05) is 17.0 Å². The maximum atomic E-state index is 4.63. The van der Waals surface area contributed by atoms with Gasteiger partial charge < -0.3 is 0 Å². The average Bonchev–Trinajstić information content (AvgIpc) is 3.34. The number of nitrogens with one attached hydrogen (secondary N) is 1. The summed E-state index contributed by atoms with van der Waals surface area (Å²) in [5, 5.41) is 10.3. The van der Waals surface area contributed by atoms with Crippen LogP contribution in [0.15, 0.2) is 54.7 Å². The number of pyridine rings is 1. The highest BCUT2D eigenvalue weighted by Gasteiger charge is 2.44. The normalized spacial score (nSPS) is 22.1. The number of hydrogen-bond acceptors (Lipinski definition) is 2. The predicted octanol–water partition coefficient (Wildman–Crippen LogP) is 4.24. The second kappa shape index (κ2) is 3.23. The molecular formula is C19H12N2. The molecule has 2 aliphatic rings. The van der Waals surface area contributed by atoms with Gasteiger partial charge in [-0.15, -0.1) is 0 Å². The van der Waals surface area contributed by atoms with Gasteiger partial charge >= 0.3 is 0 Å². The van der Waals surface area contributed by atoms with E-state index in [0.717, 1.165) is 5.52 Å². The predicted molar refractivity (Wildman–Crippen MR) is 85.4 cm³/mol. The molecule has 1 aliphatic heterocycles. The van der Waals surface area contributed by atoms with Crippen molar-refractivity contribution in [2.45, 2.75) is 12.1 Å². The minimum Gasteiger partial charge on any atom is -0.300 e. The Kier molecular flexibility index (Phi) is 1.59. The molecular weight excluding hydrogens is 256 g/mol. The van der Waals surface area contributed by atoms with Crippen LogP contribution in [0.1, 0.15) is 23.2 Å². The molecule has 1 aliphatic carbocycles. The second-order valence-corrected chi connectivity index (χ2v) is 6.10. The average molecular weight is 268 g/mol. The Labute approximate surface area is 121 Å². The molecule has 0 radical (unpaired) electrons. The van der Waals surface area contributed by atoms with Crippen molar-refractivity contribution in [2.75, 3.05) is 0 Å². The second-order valence-electron chi connectivity index (χ2n) is 6.10. The van der Waals surface area contributed by atoms with Crippen molar-refractivity contribution in [1.29, 1.82) is 0 Å². The van der Waals surface area contributed by atoms with Crippen molar-refractivity contribution in [3.63, 3.8) is 0 Å². The lowest BCUT2D eigenvalue weighted by Crippen LogP contribution is -1.97. The van der Waals surface area contributed by atoms with Gasteiger partial charge in [-0.05, 0) is 39.4 Å². The zero-order chi connectivity index (χ0) is 13.6. The molecule has 1 N–H and O–H groups in total. The third-order valence-electron chi connectivity index (χ3n) is 5.02. The van der Waals surface area contributed by atoms with E-state index in [9.17, 15) is 0 Å². The van der Waals surface area contributed by atoms with Crippen molar-refractivity contribution >= 4 is 32.4 Å². The van der Waals surface area contributed by atoms with Crippen molar-refractivity contribution in [3.8, 4) is 0 Å². The van der Waals surface area contributed by atoms with E-state index in [1.807, 2.05) is 12.3 Å². The highest BCUT2D eigenvalue weighted by Crippen LogP contribution is 2.53. The number of hydrogen-bond donors (Lipinski definition) is 1. The zero-order valence-corrected chi connectivity index (χ0v) is 11.3. The Bertz CT molecular complexity index is 1080. The summed E-state index contributed by atoms with van der Waals surface area (Å²) in [7, 11) is 0. The van der Waals surface area contributed by atoms with E-state index in [2.05, 4.69) is 52.8 Å². The minimum atomic E-state index is 0.484. The molecule has 2 heteroatoms. The van der Waals surface area contributed by atoms with Crippen LogP contribution in [0.2, 0.25) is 0 Å². The molecule has 21 heavy (non-hydrogen) atoms. The molecule has 4 aromatic rings. The van der Waals surface area contributed by atoms with Crippen molar-refractivity contribution in [2.24, 2.45) is 0 Å². The lowest BCUT2D eigenvalue weighted by atomic mass is 9.85. The van der Waals surface area contributed by atoms with Crippen LogP contribution in [0.5, 0.6) is 0 Å². The van der Waals surface area contributed by atoms with Crippen LogP contribution in [0.3, 0.4) is 0 Å². The summed E-state index contributed by atoms with van der Waals surface area (Å²) in [6.07, 6.45) is 1.89. The topological polar surface area (TPSA) is 34.8 Å². The molecule has 0 bridgehead atoms. The van der Waals surface area contributed by atoms with E-state index in [1.54, 1.807) is 0 Å². The molecule has 2 nitrogen and oxygen atoms in total. The Balaban J connectivity index is 2.00. The van der Waals surface area contributed by atoms with Crippen molar-refractivity contribution in [1.82, 2.24) is 10.3 Å². The monoisotopic (exact) mass is 268 g/mol. The molecule has 0 spiro atoms. The first kappa shape index (κ1) is 10.3. The summed E-state index contributed by atoms with van der Waals surface area (Å²) in [5.74, 6) is 0. The van der Waals surface area contributed by atoms with E-state index < -0.39 is 0 Å². The molecule has 2 heterocycles. The molecule has 2 unspecified atom stereocenters. The molecule has 1 aromatic heterocycles. The van der Waals surface area contributed by atoms with Gasteiger partial charge in [0.2, 0.25) is 0 Å². The molecule has 6 rings (SSSR count). The fraction of sp³-hybridized carbons (Fsp3) is 0.105. The molecule has 2 atom stereocenters. The summed E-state index contributed by atoms with van der Waals surface area (Å²) in [6.45, 7) is 0. The lowest BCUT2D eigenvalue weighted by Gasteiger charge is -2.18. The highest BCUT2D eigenvalue weighted by molar-refractivity contribution is 6.19. The fourth-order valence-corrected chi connectivity index (χ4v) is 4.08. The first-order valence-electron chi connectivity index (χ1n) is 7.41. The van der Waals surface area contributed by atoms with E-state index in [0.29, 0.717) is 12.1 Å². The summed E-state index contributed by atoms with van der Waals surface area (Å²) in [6, 6.07) is 18.6. The van der Waals surface area contributed by atoms with Crippen LogP contribution in [-0.2, 0) is 0 Å². The first-order valence-corrected chi connectivity index (χ1v) is 7.41. The van der Waals surface area contributed by atoms with Gasteiger partial charge in [0.25, 0.3) is 0 Å². The minimum absolute atomic E-state index is 0.484. The van der Waals surface area contributed by atoms with Gasteiger partial charge in [-0.3, -0.25) is 10.3 Å². The maximum Gasteiger partial charge on any atom is 0.0780 e. The van der Waals surface area contributed by atoms with Gasteiger partial charge in [0.1, 0.15) is 0 Å². The third kappa shape index (κ3) is 1.12. The molecule has 0 amide bonds. The van der Waals surface area contributed by atoms with Crippen LogP contribution in [0, 0.1) is 0 Å². The standard InChI is InChI=1S/C19H12N2/c1-3-10-6-7-13-16-14(9-11-4-2-8-20-17(11)13)19-18(21-19)12(5-1)15(10)16/h1-9,18-19,21H. The summed E-state index contributed by atoms with van der Waals surface area (Å²) >= 11 is 0. The van der Waals surface area contributed by atoms with E-state index in [4.69, 9.17) is 0 Å². The van der Waals surface area contributed by atoms with Crippen LogP contribution in [0.4, 0.5) is 0 Å². The zero-order valence-electron chi connectivity index (χ0n) is 11.3. The maximum absolute atomic E-state index is 4.63. The molecule has 1 saturated heterocycles. The molecule has 3 aromatic carbocycles. The smallest absolute Gasteiger partial charge is 0.0780 e. The Morgan fingerprint density at radius 3 is 2.71 bits per heavy atom. The largest absolute Gasteiger partial charge is 0.300 e. The van der Waals surface area contributed by atoms with Gasteiger partial charge in [-0.1, -0.05) is 36.4 Å². The van der Waals surface area contributed by atoms with Gasteiger partial charge in [0.05, 0.1) is 17.6 Å². The quantitative estimate of drug-likeness (QED) is 0.382. The first-order chi connectivity index (χ1) is 10.4. The van der Waals surface area contributed by atoms with Crippen LogP contribution in [-0.4, -0.2) is 4.98 Å². The van der Waals surface area contributed by atoms with Crippen LogP contribution < -0.4 is 5.32 Å². The Hall–Kier alpha value is -2.45.